The Morgan fingerprint density at radius 1 is 1.10 bits per heavy atom. The van der Waals surface area contributed by atoms with Crippen LogP contribution in [0.4, 0.5) is 19.0 Å². The van der Waals surface area contributed by atoms with Crippen LogP contribution in [-0.4, -0.2) is 47.1 Å². The van der Waals surface area contributed by atoms with E-state index >= 15 is 0 Å². The molecule has 5 nitrogen and oxygen atoms in total. The minimum atomic E-state index is -4.51. The number of hydrogen-bond donors (Lipinski definition) is 0. The first-order chi connectivity index (χ1) is 13.3. The molecule has 1 amide bonds. The monoisotopic (exact) mass is 466 g/mol. The molecule has 0 saturated heterocycles. The smallest absolute Gasteiger partial charge is 0.363 e. The Hall–Kier alpha value is -2.03. The zero-order valence-corrected chi connectivity index (χ0v) is 17.8. The second-order valence-electron chi connectivity index (χ2n) is 6.19. The van der Waals surface area contributed by atoms with Gasteiger partial charge >= 0.3 is 6.18 Å². The highest BCUT2D eigenvalue weighted by Gasteiger charge is 2.34. The van der Waals surface area contributed by atoms with Crippen molar-refractivity contribution in [2.24, 2.45) is 5.10 Å². The lowest BCUT2D eigenvalue weighted by molar-refractivity contribution is -0.137. The molecular formula is C18H16Cl3F3N4O. The van der Waals surface area contributed by atoms with Crippen LogP contribution in [0.25, 0.3) is 11.3 Å². The average Bonchev–Trinajstić information content (AvgIpc) is 2.63. The van der Waals surface area contributed by atoms with Gasteiger partial charge in [-0.1, -0.05) is 53.0 Å². The number of alkyl halides is 6. The summed E-state index contributed by atoms with van der Waals surface area (Å²) in [6, 6.07) is 8.44. The molecule has 0 radical (unpaired) electrons. The maximum absolute atomic E-state index is 13.3. The Morgan fingerprint density at radius 2 is 1.76 bits per heavy atom. The molecule has 11 heteroatoms. The Kier molecular flexibility index (Phi) is 7.03. The molecule has 1 aromatic heterocycles. The summed E-state index contributed by atoms with van der Waals surface area (Å²) in [5, 5.41) is 4.75. The van der Waals surface area contributed by atoms with E-state index in [4.69, 9.17) is 34.8 Å². The van der Waals surface area contributed by atoms with Crippen LogP contribution in [0.5, 0.6) is 0 Å². The highest BCUT2D eigenvalue weighted by Crippen LogP contribution is 2.34. The summed E-state index contributed by atoms with van der Waals surface area (Å²) in [7, 11) is 4.52. The minimum Gasteiger partial charge on any atom is -0.363 e. The third kappa shape index (κ3) is 6.22. The summed E-state index contributed by atoms with van der Waals surface area (Å²) in [5.74, 6) is -0.688. The van der Waals surface area contributed by atoms with Crippen molar-refractivity contribution in [2.45, 2.75) is 9.97 Å². The van der Waals surface area contributed by atoms with Crippen LogP contribution in [0, 0.1) is 0 Å². The predicted octanol–water partition coefficient (Wildman–Crippen LogP) is 5.00. The zero-order chi connectivity index (χ0) is 22.0. The van der Waals surface area contributed by atoms with Gasteiger partial charge in [0.05, 0.1) is 17.5 Å². The first kappa shape index (κ1) is 23.3. The molecule has 0 N–H and O–H groups in total. The molecule has 0 unspecified atom stereocenters. The number of aromatic nitrogens is 1. The summed E-state index contributed by atoms with van der Waals surface area (Å²) < 4.78 is 37.6. The normalized spacial score (nSPS) is 12.3. The molecule has 0 bridgehead atoms. The molecule has 1 heterocycles. The second-order valence-corrected chi connectivity index (χ2v) is 8.47. The van der Waals surface area contributed by atoms with Crippen LogP contribution in [0.15, 0.2) is 41.5 Å². The van der Waals surface area contributed by atoms with E-state index in [1.165, 1.54) is 18.2 Å². The van der Waals surface area contributed by atoms with Gasteiger partial charge in [-0.2, -0.15) is 18.3 Å². The van der Waals surface area contributed by atoms with E-state index < -0.39 is 21.4 Å². The highest BCUT2D eigenvalue weighted by atomic mass is 35.6. The van der Waals surface area contributed by atoms with E-state index in [1.807, 2.05) is 0 Å². The van der Waals surface area contributed by atoms with Crippen LogP contribution in [0.2, 0.25) is 0 Å². The number of hydrazone groups is 1. The van der Waals surface area contributed by atoms with E-state index in [0.717, 1.165) is 17.1 Å². The summed E-state index contributed by atoms with van der Waals surface area (Å²) in [4.78, 5) is 17.6. The lowest BCUT2D eigenvalue weighted by Crippen LogP contribution is -2.32. The Morgan fingerprint density at radius 3 is 2.31 bits per heavy atom. The van der Waals surface area contributed by atoms with Gasteiger partial charge in [-0.05, 0) is 23.8 Å². The summed E-state index contributed by atoms with van der Waals surface area (Å²) >= 11 is 16.6. The van der Waals surface area contributed by atoms with Gasteiger partial charge in [-0.3, -0.25) is 4.79 Å². The molecule has 1 aromatic carbocycles. The zero-order valence-electron chi connectivity index (χ0n) is 15.5. The van der Waals surface area contributed by atoms with E-state index in [-0.39, 0.29) is 11.5 Å². The van der Waals surface area contributed by atoms with E-state index in [1.54, 1.807) is 38.4 Å². The molecule has 2 rings (SSSR count). The van der Waals surface area contributed by atoms with E-state index in [9.17, 15) is 18.0 Å². The molecule has 0 fully saturated rings. The van der Waals surface area contributed by atoms with Gasteiger partial charge in [-0.25, -0.2) is 9.99 Å². The number of carbonyl (C=O) groups excluding carboxylic acids is 1. The van der Waals surface area contributed by atoms with Crippen molar-refractivity contribution in [1.82, 2.24) is 9.99 Å². The fourth-order valence-corrected chi connectivity index (χ4v) is 2.59. The Labute approximate surface area is 180 Å². The van der Waals surface area contributed by atoms with Crippen molar-refractivity contribution >= 4 is 52.7 Å². The molecular weight excluding hydrogens is 452 g/mol. The average molecular weight is 468 g/mol. The number of amides is 1. The number of carbonyl (C=O) groups is 1. The number of anilines is 1. The number of pyridine rings is 1. The van der Waals surface area contributed by atoms with Crippen LogP contribution < -0.4 is 4.90 Å². The highest BCUT2D eigenvalue weighted by molar-refractivity contribution is 6.76. The maximum atomic E-state index is 13.3. The predicted molar refractivity (Wildman–Crippen MR) is 110 cm³/mol. The molecule has 0 aliphatic heterocycles. The van der Waals surface area contributed by atoms with Gasteiger partial charge in [-0.15, -0.1) is 0 Å². The van der Waals surface area contributed by atoms with Gasteiger partial charge < -0.3 is 4.90 Å². The van der Waals surface area contributed by atoms with Gasteiger partial charge in [0.1, 0.15) is 5.82 Å². The van der Waals surface area contributed by atoms with Crippen molar-refractivity contribution < 1.29 is 18.0 Å². The Bertz CT molecular complexity index is 927. The fourth-order valence-electron chi connectivity index (χ4n) is 2.22. The molecule has 0 saturated carbocycles. The number of nitrogens with zero attached hydrogens (tertiary/aromatic N) is 4. The van der Waals surface area contributed by atoms with Crippen molar-refractivity contribution in [3.63, 3.8) is 0 Å². The fraction of sp³-hybridized carbons (Fsp3) is 0.278. The lowest BCUT2D eigenvalue weighted by atomic mass is 10.1. The SMILES string of the molecule is CN(N=Cc1cccc(-c2cc(C(F)(F)F)cc(N(C)C)n2)c1)C(=O)C(Cl)(Cl)Cl. The van der Waals surface area contributed by atoms with Crippen LogP contribution in [0.1, 0.15) is 11.1 Å². The molecule has 0 aliphatic carbocycles. The first-order valence-corrected chi connectivity index (χ1v) is 9.18. The third-order valence-electron chi connectivity index (χ3n) is 3.70. The van der Waals surface area contributed by atoms with Gasteiger partial charge in [0.2, 0.25) is 0 Å². The van der Waals surface area contributed by atoms with E-state index in [0.29, 0.717) is 11.1 Å². The van der Waals surface area contributed by atoms with E-state index in [2.05, 4.69) is 10.1 Å². The summed E-state index contributed by atoms with van der Waals surface area (Å²) in [6.07, 6.45) is -3.19. The maximum Gasteiger partial charge on any atom is 0.416 e. The van der Waals surface area contributed by atoms with Gasteiger partial charge in [0, 0.05) is 26.7 Å². The minimum absolute atomic E-state index is 0.143. The van der Waals surface area contributed by atoms with Crippen molar-refractivity contribution in [1.29, 1.82) is 0 Å². The molecule has 0 aliphatic rings. The van der Waals surface area contributed by atoms with Crippen LogP contribution in [-0.2, 0) is 11.0 Å². The van der Waals surface area contributed by atoms with Crippen molar-refractivity contribution in [3.05, 3.63) is 47.5 Å². The lowest BCUT2D eigenvalue weighted by Gasteiger charge is -2.17. The summed E-state index contributed by atoms with van der Waals surface area (Å²) in [6.45, 7) is 0. The number of rotatable bonds is 4. The number of halogens is 6. The Balaban J connectivity index is 2.40. The number of hydrogen-bond acceptors (Lipinski definition) is 4. The molecule has 2 aromatic rings. The topological polar surface area (TPSA) is 48.8 Å². The summed E-state index contributed by atoms with van der Waals surface area (Å²) in [5.41, 5.74) is 0.290. The molecule has 29 heavy (non-hydrogen) atoms. The largest absolute Gasteiger partial charge is 0.416 e. The quantitative estimate of drug-likeness (QED) is 0.361. The molecule has 156 valence electrons. The third-order valence-corrected chi connectivity index (χ3v) is 4.18. The van der Waals surface area contributed by atoms with Crippen molar-refractivity contribution in [3.8, 4) is 11.3 Å². The van der Waals surface area contributed by atoms with Crippen LogP contribution >= 0.6 is 34.8 Å². The van der Waals surface area contributed by atoms with Crippen molar-refractivity contribution in [2.75, 3.05) is 26.0 Å². The van der Waals surface area contributed by atoms with Gasteiger partial charge in [0.15, 0.2) is 0 Å². The first-order valence-electron chi connectivity index (χ1n) is 8.05. The van der Waals surface area contributed by atoms with Gasteiger partial charge in [0.25, 0.3) is 9.70 Å². The standard InChI is InChI=1S/C18H16Cl3F3N4O/c1-27(2)15-9-13(18(22,23)24)8-14(26-15)12-6-4-5-11(7-12)10-25-28(3)16(29)17(19,20)21/h4-10H,1-3H3. The number of benzene rings is 1. The molecule has 0 spiro atoms. The molecule has 0 atom stereocenters. The van der Waals surface area contributed by atoms with Crippen LogP contribution in [0.3, 0.4) is 0 Å². The second kappa shape index (κ2) is 8.77.